The molecular formula is C15H20O3. The van der Waals surface area contributed by atoms with E-state index < -0.39 is 0 Å². The fourth-order valence-electron chi connectivity index (χ4n) is 3.85. The van der Waals surface area contributed by atoms with Crippen molar-refractivity contribution in [1.82, 2.24) is 0 Å². The van der Waals surface area contributed by atoms with Crippen LogP contribution in [0.5, 0.6) is 0 Å². The molecule has 3 nitrogen and oxygen atoms in total. The predicted molar refractivity (Wildman–Crippen MR) is 67.7 cm³/mol. The lowest BCUT2D eigenvalue weighted by atomic mass is 9.59. The number of carbonyl (C=O) groups excluding carboxylic acids is 1. The van der Waals surface area contributed by atoms with Crippen molar-refractivity contribution in [2.75, 3.05) is 0 Å². The molecule has 0 amide bonds. The topological polar surface area (TPSA) is 46.5 Å². The summed E-state index contributed by atoms with van der Waals surface area (Å²) in [5, 5.41) is 10.0. The van der Waals surface area contributed by atoms with Gasteiger partial charge in [-0.2, -0.15) is 0 Å². The first-order valence-corrected chi connectivity index (χ1v) is 6.72. The molecule has 0 aromatic heterocycles. The lowest BCUT2D eigenvalue weighted by Gasteiger charge is -2.47. The van der Waals surface area contributed by atoms with Crippen LogP contribution in [-0.2, 0) is 9.53 Å². The molecule has 0 bridgehead atoms. The second kappa shape index (κ2) is 3.70. The number of fused-ring (bicyclic) bond motifs is 2. The summed E-state index contributed by atoms with van der Waals surface area (Å²) < 4.78 is 5.41. The van der Waals surface area contributed by atoms with Crippen LogP contribution in [0.15, 0.2) is 23.8 Å². The standard InChI is InChI=1S/C15H20O3/c1-8-10-6-11-9(2)12(16)4-5-15(11,3)7-13(10)18-14(8)17/h6,9-10,12-13,16H,1,4-5,7H2,2-3H3. The van der Waals surface area contributed by atoms with E-state index in [1.165, 1.54) is 5.57 Å². The molecule has 3 rings (SSSR count). The molecule has 0 aromatic carbocycles. The lowest BCUT2D eigenvalue weighted by molar-refractivity contribution is -0.140. The third kappa shape index (κ3) is 1.50. The van der Waals surface area contributed by atoms with Gasteiger partial charge in [0, 0.05) is 17.4 Å². The Morgan fingerprint density at radius 3 is 3.00 bits per heavy atom. The minimum Gasteiger partial charge on any atom is -0.458 e. The first-order valence-electron chi connectivity index (χ1n) is 6.72. The molecule has 1 saturated heterocycles. The van der Waals surface area contributed by atoms with E-state index in [9.17, 15) is 9.90 Å². The van der Waals surface area contributed by atoms with E-state index >= 15 is 0 Å². The van der Waals surface area contributed by atoms with E-state index in [0.29, 0.717) is 5.57 Å². The quantitative estimate of drug-likeness (QED) is 0.406. The maximum atomic E-state index is 11.6. The Bertz CT molecular complexity index is 451. The molecule has 2 fully saturated rings. The van der Waals surface area contributed by atoms with Crippen molar-refractivity contribution < 1.29 is 14.6 Å². The van der Waals surface area contributed by atoms with Gasteiger partial charge in [-0.25, -0.2) is 4.79 Å². The Kier molecular flexibility index (Phi) is 2.46. The Morgan fingerprint density at radius 1 is 1.56 bits per heavy atom. The number of esters is 1. The van der Waals surface area contributed by atoms with Gasteiger partial charge in [0.25, 0.3) is 0 Å². The first-order chi connectivity index (χ1) is 8.42. The van der Waals surface area contributed by atoms with Crippen LogP contribution in [-0.4, -0.2) is 23.3 Å². The Balaban J connectivity index is 2.01. The van der Waals surface area contributed by atoms with Crippen LogP contribution in [0.1, 0.15) is 33.1 Å². The van der Waals surface area contributed by atoms with Crippen molar-refractivity contribution >= 4 is 5.97 Å². The summed E-state index contributed by atoms with van der Waals surface area (Å²) in [4.78, 5) is 11.6. The maximum absolute atomic E-state index is 11.6. The van der Waals surface area contributed by atoms with Crippen molar-refractivity contribution in [2.24, 2.45) is 17.3 Å². The predicted octanol–water partition coefficient (Wildman–Crippen LogP) is 2.21. The van der Waals surface area contributed by atoms with Gasteiger partial charge in [-0.15, -0.1) is 0 Å². The van der Waals surface area contributed by atoms with Gasteiger partial charge in [0.1, 0.15) is 6.10 Å². The summed E-state index contributed by atoms with van der Waals surface area (Å²) in [5.74, 6) is -0.0566. The van der Waals surface area contributed by atoms with Gasteiger partial charge in [-0.3, -0.25) is 0 Å². The van der Waals surface area contributed by atoms with Gasteiger partial charge in [-0.1, -0.05) is 32.1 Å². The van der Waals surface area contributed by atoms with Gasteiger partial charge >= 0.3 is 5.97 Å². The van der Waals surface area contributed by atoms with Crippen molar-refractivity contribution in [3.8, 4) is 0 Å². The third-order valence-electron chi connectivity index (χ3n) is 5.09. The second-order valence-electron chi connectivity index (χ2n) is 6.28. The van der Waals surface area contributed by atoms with Crippen LogP contribution in [0, 0.1) is 17.3 Å². The number of hydrogen-bond donors (Lipinski definition) is 1. The van der Waals surface area contributed by atoms with Crippen LogP contribution in [0.4, 0.5) is 0 Å². The van der Waals surface area contributed by atoms with Crippen LogP contribution in [0.2, 0.25) is 0 Å². The fraction of sp³-hybridized carbons (Fsp3) is 0.667. The smallest absolute Gasteiger partial charge is 0.334 e. The summed E-state index contributed by atoms with van der Waals surface area (Å²) in [6.07, 6.45) is 4.52. The number of aliphatic hydroxyl groups is 1. The molecule has 1 saturated carbocycles. The average molecular weight is 248 g/mol. The Labute approximate surface area is 108 Å². The summed E-state index contributed by atoms with van der Waals surface area (Å²) in [6, 6.07) is 0. The Morgan fingerprint density at radius 2 is 2.28 bits per heavy atom. The van der Waals surface area contributed by atoms with Crippen molar-refractivity contribution in [1.29, 1.82) is 0 Å². The molecule has 0 spiro atoms. The molecule has 5 atom stereocenters. The molecule has 3 heteroatoms. The Hall–Kier alpha value is -1.09. The normalized spacial score (nSPS) is 47.2. The summed E-state index contributed by atoms with van der Waals surface area (Å²) >= 11 is 0. The number of hydrogen-bond acceptors (Lipinski definition) is 3. The lowest BCUT2D eigenvalue weighted by Crippen LogP contribution is -2.42. The van der Waals surface area contributed by atoms with Crippen LogP contribution < -0.4 is 0 Å². The molecule has 18 heavy (non-hydrogen) atoms. The number of rotatable bonds is 0. The fourth-order valence-corrected chi connectivity index (χ4v) is 3.85. The van der Waals surface area contributed by atoms with E-state index in [-0.39, 0.29) is 35.4 Å². The minimum atomic E-state index is -0.257. The van der Waals surface area contributed by atoms with Crippen molar-refractivity contribution in [3.05, 3.63) is 23.8 Å². The van der Waals surface area contributed by atoms with Gasteiger partial charge in [0.15, 0.2) is 0 Å². The van der Waals surface area contributed by atoms with E-state index in [0.717, 1.165) is 19.3 Å². The van der Waals surface area contributed by atoms with Crippen LogP contribution in [0.3, 0.4) is 0 Å². The molecule has 1 aliphatic heterocycles. The SMILES string of the molecule is C=C1C(=O)OC2CC3(C)CCC(O)C(C)C3=CC12. The van der Waals surface area contributed by atoms with E-state index in [1.54, 1.807) is 0 Å². The van der Waals surface area contributed by atoms with Gasteiger partial charge in [0.05, 0.1) is 6.10 Å². The average Bonchev–Trinajstić information content (AvgIpc) is 2.58. The first kappa shape index (κ1) is 12.0. The molecule has 98 valence electrons. The molecular weight excluding hydrogens is 228 g/mol. The van der Waals surface area contributed by atoms with Crippen molar-refractivity contribution in [2.45, 2.75) is 45.3 Å². The summed E-state index contributed by atoms with van der Waals surface area (Å²) in [6.45, 7) is 8.15. The zero-order valence-electron chi connectivity index (χ0n) is 11.0. The summed E-state index contributed by atoms with van der Waals surface area (Å²) in [7, 11) is 0. The largest absolute Gasteiger partial charge is 0.458 e. The third-order valence-corrected chi connectivity index (χ3v) is 5.09. The number of carbonyl (C=O) groups is 1. The highest BCUT2D eigenvalue weighted by molar-refractivity contribution is 5.91. The number of aliphatic hydroxyl groups excluding tert-OH is 1. The molecule has 2 aliphatic carbocycles. The van der Waals surface area contributed by atoms with Crippen LogP contribution >= 0.6 is 0 Å². The highest BCUT2D eigenvalue weighted by atomic mass is 16.6. The second-order valence-corrected chi connectivity index (χ2v) is 6.28. The van der Waals surface area contributed by atoms with E-state index in [2.05, 4.69) is 26.5 Å². The van der Waals surface area contributed by atoms with Gasteiger partial charge in [-0.05, 0) is 24.7 Å². The van der Waals surface area contributed by atoms with Crippen molar-refractivity contribution in [3.63, 3.8) is 0 Å². The van der Waals surface area contributed by atoms with E-state index in [4.69, 9.17) is 4.74 Å². The zero-order valence-corrected chi connectivity index (χ0v) is 11.0. The minimum absolute atomic E-state index is 0.0216. The molecule has 1 N–H and O–H groups in total. The van der Waals surface area contributed by atoms with Crippen LogP contribution in [0.25, 0.3) is 0 Å². The zero-order chi connectivity index (χ0) is 13.1. The van der Waals surface area contributed by atoms with Gasteiger partial charge < -0.3 is 9.84 Å². The molecule has 3 aliphatic rings. The highest BCUT2D eigenvalue weighted by Crippen LogP contribution is 2.53. The highest BCUT2D eigenvalue weighted by Gasteiger charge is 2.50. The molecule has 0 radical (unpaired) electrons. The van der Waals surface area contributed by atoms with Gasteiger partial charge in [0.2, 0.25) is 0 Å². The monoisotopic (exact) mass is 248 g/mol. The molecule has 5 unspecified atom stereocenters. The molecule has 1 heterocycles. The summed E-state index contributed by atoms with van der Waals surface area (Å²) in [5.41, 5.74) is 1.94. The maximum Gasteiger partial charge on any atom is 0.334 e. The number of ether oxygens (including phenoxy) is 1. The van der Waals surface area contributed by atoms with E-state index in [1.807, 2.05) is 0 Å². The molecule has 0 aromatic rings.